The van der Waals surface area contributed by atoms with Gasteiger partial charge >= 0.3 is 0 Å². The maximum atomic E-state index is 8.42. The van der Waals surface area contributed by atoms with Crippen molar-refractivity contribution in [2.75, 3.05) is 12.5 Å². The number of hydrogen-bond acceptors (Lipinski definition) is 1. The van der Waals surface area contributed by atoms with Gasteiger partial charge in [0, 0.05) is 18.9 Å². The summed E-state index contributed by atoms with van der Waals surface area (Å²) >= 11 is 16.7. The van der Waals surface area contributed by atoms with E-state index in [0.717, 1.165) is 0 Å². The summed E-state index contributed by atoms with van der Waals surface area (Å²) in [4.78, 5) is 0. The highest BCUT2D eigenvalue weighted by molar-refractivity contribution is 6.48. The number of aliphatic hydroxyl groups excluding tert-OH is 1. The molecule has 0 heterocycles. The topological polar surface area (TPSA) is 20.2 Å². The monoisotopic (exact) mass is 190 g/mol. The summed E-state index contributed by atoms with van der Waals surface area (Å²) < 4.78 is -0.837. The van der Waals surface area contributed by atoms with E-state index in [2.05, 4.69) is 0 Å². The molecule has 1 N–H and O–H groups in total. The Hall–Kier alpha value is 0.830. The minimum Gasteiger partial charge on any atom is -0.396 e. The number of halogens is 3. The van der Waals surface area contributed by atoms with E-state index >= 15 is 0 Å². The summed E-state index contributed by atoms with van der Waals surface area (Å²) in [5.41, 5.74) is 0. The summed E-state index contributed by atoms with van der Waals surface area (Å²) in [6.45, 7) is 0.00386. The van der Waals surface area contributed by atoms with Crippen LogP contribution in [0, 0.1) is 0 Å². The molecule has 0 bridgehead atoms. The molecule has 0 radical (unpaired) electrons. The molecule has 0 saturated carbocycles. The van der Waals surface area contributed by atoms with Crippen LogP contribution in [-0.2, 0) is 0 Å². The Balaban J connectivity index is 3.43. The van der Waals surface area contributed by atoms with Gasteiger partial charge in [0.05, 0.1) is 0 Å². The van der Waals surface area contributed by atoms with E-state index in [1.807, 2.05) is 0 Å². The molecule has 4 heteroatoms. The quantitative estimate of drug-likeness (QED) is 0.675. The highest BCUT2D eigenvalue weighted by Crippen LogP contribution is 2.28. The zero-order valence-corrected chi connectivity index (χ0v) is 7.18. The van der Waals surface area contributed by atoms with E-state index in [-0.39, 0.29) is 6.61 Å². The molecule has 0 aliphatic heterocycles. The summed E-state index contributed by atoms with van der Waals surface area (Å²) in [6.07, 6.45) is 0.890. The van der Waals surface area contributed by atoms with Gasteiger partial charge in [-0.3, -0.25) is 0 Å². The van der Waals surface area contributed by atoms with Crippen LogP contribution in [0.1, 0.15) is 12.8 Å². The van der Waals surface area contributed by atoms with Crippen molar-refractivity contribution < 1.29 is 5.11 Å². The number of rotatable bonds is 4. The zero-order valence-electron chi connectivity index (χ0n) is 4.91. The molecule has 9 heavy (non-hydrogen) atoms. The predicted octanol–water partition coefficient (Wildman–Crippen LogP) is 2.17. The Bertz CT molecular complexity index is 66.6. The van der Waals surface area contributed by atoms with Gasteiger partial charge in [-0.05, 0) is 6.42 Å². The molecule has 1 nitrogen and oxygen atoms in total. The second kappa shape index (κ2) is 4.62. The molecule has 0 unspecified atom stereocenters. The van der Waals surface area contributed by atoms with Crippen LogP contribution in [0.3, 0.4) is 0 Å². The highest BCUT2D eigenvalue weighted by Gasteiger charge is 2.21. The molecule has 0 aromatic rings. The lowest BCUT2D eigenvalue weighted by Crippen LogP contribution is -2.14. The number of alkyl halides is 3. The van der Waals surface area contributed by atoms with E-state index < -0.39 is 4.33 Å². The molecule has 0 fully saturated rings. The lowest BCUT2D eigenvalue weighted by Gasteiger charge is -2.15. The average molecular weight is 191 g/mol. The molecular formula is C5H9Cl3O. The van der Waals surface area contributed by atoms with Crippen LogP contribution in [-0.4, -0.2) is 21.9 Å². The molecular weight excluding hydrogens is 182 g/mol. The van der Waals surface area contributed by atoms with Gasteiger partial charge in [0.25, 0.3) is 0 Å². The predicted molar refractivity (Wildman–Crippen MR) is 41.5 cm³/mol. The van der Waals surface area contributed by atoms with Crippen LogP contribution in [0.25, 0.3) is 0 Å². The van der Waals surface area contributed by atoms with Crippen LogP contribution in [0.2, 0.25) is 0 Å². The molecule has 0 amide bonds. The average Bonchev–Trinajstić information content (AvgIpc) is 1.64. The largest absolute Gasteiger partial charge is 0.396 e. The van der Waals surface area contributed by atoms with Crippen molar-refractivity contribution in [1.29, 1.82) is 0 Å². The first-order valence-electron chi connectivity index (χ1n) is 2.67. The van der Waals surface area contributed by atoms with Crippen molar-refractivity contribution >= 4 is 34.8 Å². The molecule has 0 aromatic carbocycles. The summed E-state index contributed by atoms with van der Waals surface area (Å²) in [6, 6.07) is 0. The van der Waals surface area contributed by atoms with Gasteiger partial charge < -0.3 is 5.11 Å². The fourth-order valence-corrected chi connectivity index (χ4v) is 1.30. The minimum absolute atomic E-state index is 0.00386. The molecule has 0 aliphatic carbocycles. The Morgan fingerprint density at radius 3 is 2.11 bits per heavy atom. The first-order valence-corrected chi connectivity index (χ1v) is 3.96. The Morgan fingerprint density at radius 1 is 1.22 bits per heavy atom. The van der Waals surface area contributed by atoms with Gasteiger partial charge in [-0.15, -0.1) is 34.8 Å². The fourth-order valence-electron chi connectivity index (χ4n) is 0.427. The van der Waals surface area contributed by atoms with Crippen LogP contribution < -0.4 is 0 Å². The smallest absolute Gasteiger partial charge is 0.121 e. The Labute approximate surface area is 69.9 Å². The van der Waals surface area contributed by atoms with Crippen LogP contribution >= 0.6 is 34.8 Å². The van der Waals surface area contributed by atoms with Crippen molar-refractivity contribution in [3.05, 3.63) is 0 Å². The normalized spacial score (nSPS) is 12.0. The molecule has 0 aromatic heterocycles. The van der Waals surface area contributed by atoms with Crippen molar-refractivity contribution in [1.82, 2.24) is 0 Å². The molecule has 0 aliphatic rings. The second-order valence-electron chi connectivity index (χ2n) is 1.77. The van der Waals surface area contributed by atoms with Crippen LogP contribution in [0.5, 0.6) is 0 Å². The Kier molecular flexibility index (Phi) is 5.04. The van der Waals surface area contributed by atoms with Gasteiger partial charge in [0.2, 0.25) is 0 Å². The highest BCUT2D eigenvalue weighted by atomic mass is 35.5. The standard InChI is InChI=1S/C5H9Cl3O/c6-3-1-5(7,8)2-4-9/h9H,1-4H2. The lowest BCUT2D eigenvalue weighted by atomic mass is 10.2. The van der Waals surface area contributed by atoms with Gasteiger partial charge in [-0.2, -0.15) is 0 Å². The van der Waals surface area contributed by atoms with Crippen molar-refractivity contribution in [2.24, 2.45) is 0 Å². The van der Waals surface area contributed by atoms with Crippen molar-refractivity contribution in [3.8, 4) is 0 Å². The zero-order chi connectivity index (χ0) is 7.33. The molecule has 0 rings (SSSR count). The second-order valence-corrected chi connectivity index (χ2v) is 3.79. The number of hydrogen-bond donors (Lipinski definition) is 1. The Morgan fingerprint density at radius 2 is 1.78 bits per heavy atom. The number of aliphatic hydroxyl groups is 1. The van der Waals surface area contributed by atoms with Gasteiger partial charge in [-0.1, -0.05) is 0 Å². The van der Waals surface area contributed by atoms with E-state index in [9.17, 15) is 0 Å². The van der Waals surface area contributed by atoms with Gasteiger partial charge in [0.1, 0.15) is 4.33 Å². The SMILES string of the molecule is OCCC(Cl)(Cl)CCCl. The minimum atomic E-state index is -0.837. The van der Waals surface area contributed by atoms with E-state index in [1.54, 1.807) is 0 Å². The first kappa shape index (κ1) is 9.83. The third-order valence-electron chi connectivity index (χ3n) is 0.938. The fraction of sp³-hybridized carbons (Fsp3) is 1.00. The maximum Gasteiger partial charge on any atom is 0.121 e. The summed E-state index contributed by atoms with van der Waals surface area (Å²) in [5, 5.41) is 8.42. The lowest BCUT2D eigenvalue weighted by molar-refractivity contribution is 0.280. The van der Waals surface area contributed by atoms with Crippen LogP contribution in [0.4, 0.5) is 0 Å². The third-order valence-corrected chi connectivity index (χ3v) is 1.88. The van der Waals surface area contributed by atoms with Crippen molar-refractivity contribution in [2.45, 2.75) is 17.2 Å². The summed E-state index contributed by atoms with van der Waals surface area (Å²) in [5.74, 6) is 0.424. The van der Waals surface area contributed by atoms with E-state index in [0.29, 0.717) is 18.7 Å². The van der Waals surface area contributed by atoms with E-state index in [1.165, 1.54) is 0 Å². The summed E-state index contributed by atoms with van der Waals surface area (Å²) in [7, 11) is 0. The maximum absolute atomic E-state index is 8.42. The van der Waals surface area contributed by atoms with Crippen molar-refractivity contribution in [3.63, 3.8) is 0 Å². The molecule has 56 valence electrons. The van der Waals surface area contributed by atoms with Crippen LogP contribution in [0.15, 0.2) is 0 Å². The van der Waals surface area contributed by atoms with Gasteiger partial charge in [0.15, 0.2) is 0 Å². The molecule has 0 saturated heterocycles. The van der Waals surface area contributed by atoms with Gasteiger partial charge in [-0.25, -0.2) is 0 Å². The first-order chi connectivity index (χ1) is 4.12. The third kappa shape index (κ3) is 5.28. The molecule has 0 spiro atoms. The molecule has 0 atom stereocenters. The van der Waals surface area contributed by atoms with E-state index in [4.69, 9.17) is 39.9 Å².